The summed E-state index contributed by atoms with van der Waals surface area (Å²) in [6.07, 6.45) is 0.374. The molecule has 10 N–H and O–H groups in total. The molecule has 1 rings (SSSR count). The van der Waals surface area contributed by atoms with E-state index in [0.717, 1.165) is 0 Å². The second kappa shape index (κ2) is 9.45. The van der Waals surface area contributed by atoms with Gasteiger partial charge in [-0.1, -0.05) is 0 Å². The van der Waals surface area contributed by atoms with Crippen LogP contribution in [0.1, 0.15) is 6.42 Å². The minimum absolute atomic E-state index is 0.0539. The Balaban J connectivity index is 2.62. The fourth-order valence-corrected chi connectivity index (χ4v) is 2.16. The molecule has 0 aromatic carbocycles. The molecule has 22 heavy (non-hydrogen) atoms. The van der Waals surface area contributed by atoms with Crippen molar-refractivity contribution in [3.8, 4) is 0 Å². The van der Waals surface area contributed by atoms with Gasteiger partial charge in [0.15, 0.2) is 0 Å². The molecule has 0 bridgehead atoms. The molecule has 0 aliphatic heterocycles. The summed E-state index contributed by atoms with van der Waals surface area (Å²) in [7, 11) is -4.00. The van der Waals surface area contributed by atoms with Gasteiger partial charge in [0.2, 0.25) is 17.8 Å². The summed E-state index contributed by atoms with van der Waals surface area (Å²) in [5.74, 6) is 1.07. The molecule has 0 saturated heterocycles. The molecular weight excluding hydrogens is 308 g/mol. The van der Waals surface area contributed by atoms with Crippen LogP contribution in [0, 0.1) is 0 Å². The summed E-state index contributed by atoms with van der Waals surface area (Å²) in [6.45, 7) is 2.31. The molecule has 12 heteroatoms. The molecule has 0 unspecified atom stereocenters. The van der Waals surface area contributed by atoms with Crippen LogP contribution in [0.25, 0.3) is 0 Å². The van der Waals surface area contributed by atoms with Crippen LogP contribution in [0.15, 0.2) is 0 Å². The van der Waals surface area contributed by atoms with Crippen LogP contribution in [0.3, 0.4) is 0 Å². The summed E-state index contributed by atoms with van der Waals surface area (Å²) in [5.41, 5.74) is 10.8. The quantitative estimate of drug-likeness (QED) is 0.156. The molecule has 0 amide bonds. The van der Waals surface area contributed by atoms with E-state index in [9.17, 15) is 0 Å². The first kappa shape index (κ1) is 18.5. The molecule has 1 aromatic heterocycles. The Morgan fingerprint density at radius 3 is 1.55 bits per heavy atom. The summed E-state index contributed by atoms with van der Waals surface area (Å²) in [4.78, 5) is 39.3. The number of aromatic nitrogens is 3. The number of anilines is 3. The fourth-order valence-electron chi connectivity index (χ4n) is 1.51. The van der Waals surface area contributed by atoms with Gasteiger partial charge < -0.3 is 41.8 Å². The average molecular weight is 332 g/mol. The van der Waals surface area contributed by atoms with E-state index in [2.05, 4.69) is 30.9 Å². The van der Waals surface area contributed by atoms with Crippen molar-refractivity contribution >= 4 is 26.6 Å². The predicted molar refractivity (Wildman–Crippen MR) is 85.2 cm³/mol. The molecule has 0 aliphatic rings. The largest absolute Gasteiger partial charge is 0.492 e. The van der Waals surface area contributed by atoms with E-state index in [1.807, 2.05) is 0 Å². The number of nitrogens with two attached hydrogens (primary N) is 2. The van der Waals surface area contributed by atoms with Crippen LogP contribution in [-0.2, 0) is 0 Å². The molecule has 1 heterocycles. The van der Waals surface area contributed by atoms with Gasteiger partial charge in [0.25, 0.3) is 0 Å². The molecule has 0 saturated carbocycles. The van der Waals surface area contributed by atoms with Gasteiger partial charge in [0.05, 0.1) is 0 Å². The number of hydrogen-bond acceptors (Lipinski definition) is 11. The van der Waals surface area contributed by atoms with Crippen molar-refractivity contribution in [1.29, 1.82) is 0 Å². The number of nitrogens with one attached hydrogen (secondary N) is 3. The number of hydrogen-bond donors (Lipinski definition) is 8. The predicted octanol–water partition coefficient (Wildman–Crippen LogP) is -2.67. The zero-order chi connectivity index (χ0) is 16.4. The molecule has 11 nitrogen and oxygen atoms in total. The second-order valence-electron chi connectivity index (χ2n) is 4.54. The first-order valence-corrected chi connectivity index (χ1v) is 9.04. The lowest BCUT2D eigenvalue weighted by molar-refractivity contribution is 0.227. The van der Waals surface area contributed by atoms with E-state index >= 15 is 0 Å². The van der Waals surface area contributed by atoms with Crippen molar-refractivity contribution in [1.82, 2.24) is 15.0 Å². The maximum absolute atomic E-state index is 8.93. The molecule has 0 spiro atoms. The lowest BCUT2D eigenvalue weighted by atomic mass is 10.5. The van der Waals surface area contributed by atoms with Crippen LogP contribution < -0.4 is 27.4 Å². The Bertz CT molecular complexity index is 418. The number of rotatable bonds is 11. The van der Waals surface area contributed by atoms with Crippen molar-refractivity contribution in [2.45, 2.75) is 12.5 Å². The fraction of sp³-hybridized carbons (Fsp3) is 0.700. The van der Waals surface area contributed by atoms with Crippen LogP contribution in [0.2, 0.25) is 6.04 Å². The Hall–Kier alpha value is -1.57. The lowest BCUT2D eigenvalue weighted by Crippen LogP contribution is -2.34. The van der Waals surface area contributed by atoms with E-state index in [1.54, 1.807) is 0 Å². The summed E-state index contributed by atoms with van der Waals surface area (Å²) >= 11 is 0. The Kier molecular flexibility index (Phi) is 7.93. The molecular formula is C10H24N8O3Si. The first-order valence-electron chi connectivity index (χ1n) is 6.99. The highest BCUT2D eigenvalue weighted by Gasteiger charge is 2.25. The third kappa shape index (κ3) is 8.01. The zero-order valence-electron chi connectivity index (χ0n) is 12.3. The normalized spacial score (nSPS) is 11.3. The smallest absolute Gasteiger partial charge is 0.390 e. The summed E-state index contributed by atoms with van der Waals surface area (Å²) in [6, 6.07) is -0.0539. The SMILES string of the molecule is NCCNc1nc(NCCN)nc(NCCC[Si](O)(O)O)n1. The van der Waals surface area contributed by atoms with Gasteiger partial charge >= 0.3 is 8.80 Å². The van der Waals surface area contributed by atoms with E-state index in [4.69, 9.17) is 25.9 Å². The maximum atomic E-state index is 8.93. The topological polar surface area (TPSA) is 187 Å². The highest BCUT2D eigenvalue weighted by molar-refractivity contribution is 6.56. The van der Waals surface area contributed by atoms with Crippen molar-refractivity contribution in [3.05, 3.63) is 0 Å². The van der Waals surface area contributed by atoms with Gasteiger partial charge in [-0.05, 0) is 6.42 Å². The third-order valence-electron chi connectivity index (χ3n) is 2.46. The van der Waals surface area contributed by atoms with Gasteiger partial charge in [0, 0.05) is 38.8 Å². The zero-order valence-corrected chi connectivity index (χ0v) is 13.3. The third-order valence-corrected chi connectivity index (χ3v) is 3.49. The van der Waals surface area contributed by atoms with E-state index in [1.165, 1.54) is 0 Å². The average Bonchev–Trinajstić information content (AvgIpc) is 2.46. The van der Waals surface area contributed by atoms with Gasteiger partial charge in [-0.2, -0.15) is 15.0 Å². The highest BCUT2D eigenvalue weighted by Crippen LogP contribution is 2.09. The monoisotopic (exact) mass is 332 g/mol. The van der Waals surface area contributed by atoms with E-state index in [0.29, 0.717) is 57.0 Å². The maximum Gasteiger partial charge on any atom is 0.492 e. The minimum atomic E-state index is -4.00. The van der Waals surface area contributed by atoms with Crippen LogP contribution in [0.4, 0.5) is 17.8 Å². The molecule has 0 fully saturated rings. The number of nitrogens with zero attached hydrogens (tertiary/aromatic N) is 3. The first-order chi connectivity index (χ1) is 10.4. The Morgan fingerprint density at radius 2 is 1.18 bits per heavy atom. The van der Waals surface area contributed by atoms with Crippen LogP contribution >= 0.6 is 0 Å². The van der Waals surface area contributed by atoms with Crippen molar-refractivity contribution in [2.75, 3.05) is 48.7 Å². The van der Waals surface area contributed by atoms with Gasteiger partial charge in [-0.15, -0.1) is 0 Å². The molecule has 1 aromatic rings. The van der Waals surface area contributed by atoms with Crippen molar-refractivity contribution < 1.29 is 14.4 Å². The van der Waals surface area contributed by atoms with Gasteiger partial charge in [-0.25, -0.2) is 0 Å². The van der Waals surface area contributed by atoms with Crippen LogP contribution in [0.5, 0.6) is 0 Å². The molecule has 0 radical (unpaired) electrons. The standard InChI is InChI=1S/C10H24N8O3Si/c11-2-5-14-9-16-8(13-4-1-7-22(19,20)21)17-10(18-9)15-6-3-12/h19-21H,1-7,11-12H2,(H3,13,14,15,16,17,18). The van der Waals surface area contributed by atoms with Crippen LogP contribution in [-0.4, -0.2) is 70.9 Å². The highest BCUT2D eigenvalue weighted by atomic mass is 28.4. The van der Waals surface area contributed by atoms with Crippen molar-refractivity contribution in [3.63, 3.8) is 0 Å². The summed E-state index contributed by atoms with van der Waals surface area (Å²) in [5, 5.41) is 8.84. The lowest BCUT2D eigenvalue weighted by Gasteiger charge is -2.12. The van der Waals surface area contributed by atoms with E-state index < -0.39 is 8.80 Å². The minimum Gasteiger partial charge on any atom is -0.390 e. The second-order valence-corrected chi connectivity index (χ2v) is 6.59. The summed E-state index contributed by atoms with van der Waals surface area (Å²) < 4.78 is 0. The van der Waals surface area contributed by atoms with Gasteiger partial charge in [-0.3, -0.25) is 0 Å². The molecule has 0 atom stereocenters. The van der Waals surface area contributed by atoms with Crippen molar-refractivity contribution in [2.24, 2.45) is 11.5 Å². The molecule has 0 aliphatic carbocycles. The van der Waals surface area contributed by atoms with E-state index in [-0.39, 0.29) is 6.04 Å². The molecule has 126 valence electrons. The Morgan fingerprint density at radius 1 is 0.773 bits per heavy atom. The van der Waals surface area contributed by atoms with Gasteiger partial charge in [0.1, 0.15) is 0 Å². The Labute approximate surface area is 129 Å².